The van der Waals surface area contributed by atoms with Crippen molar-refractivity contribution in [2.75, 3.05) is 12.3 Å². The van der Waals surface area contributed by atoms with E-state index >= 15 is 4.39 Å². The Morgan fingerprint density at radius 3 is 2.64 bits per heavy atom. The molecule has 0 radical (unpaired) electrons. The number of ether oxygens (including phenoxy) is 2. The standard InChI is InChI=1S/C23H26FN9O11P2S/c1-8-16-17(12(24)22(41-16)32-7-29-14-19(25)27-6-28-21(14)32)43-45(36,37)39-5-11-15(34)18(44-46(38,47)42-8)23(40-11)33-10-4-2-3-9(20(26)35)13(10)30-31-33/h2-4,6-8,11-12,15-18,22-23,34H,5H2,1H3,(H2,26,35)(H,36,37)(H,38,47)(H2,25,27,28)/t8-,11-,12-,15-,16-,17+,18-,22-,23-,46?/m1/s1. The van der Waals surface area contributed by atoms with Crippen molar-refractivity contribution in [1.82, 2.24) is 34.5 Å². The summed E-state index contributed by atoms with van der Waals surface area (Å²) in [5, 5.41) is 19.2. The SMILES string of the molecule is C[C@H]1OP(=O)(S)O[C@@H]2[C@H](O)[C@@H](COP(=O)(O)O[C@H]3[C@@H](F)[C@H](n4cnc5c(N)ncnc54)O[C@@H]31)O[C@H]2n1nnc2c(C(N)=O)cccc21. The Labute approximate surface area is 267 Å². The van der Waals surface area contributed by atoms with Crippen LogP contribution in [0.3, 0.4) is 0 Å². The van der Waals surface area contributed by atoms with Crippen molar-refractivity contribution in [3.05, 3.63) is 36.4 Å². The lowest BCUT2D eigenvalue weighted by molar-refractivity contribution is -0.0809. The highest BCUT2D eigenvalue weighted by Gasteiger charge is 2.56. The number of aliphatic hydroxyl groups excluding tert-OH is 1. The zero-order valence-electron chi connectivity index (χ0n) is 23.9. The molecule has 2 unspecified atom stereocenters. The van der Waals surface area contributed by atoms with E-state index in [9.17, 15) is 23.9 Å². The van der Waals surface area contributed by atoms with Gasteiger partial charge < -0.3 is 30.9 Å². The van der Waals surface area contributed by atoms with Gasteiger partial charge in [-0.05, 0) is 19.1 Å². The van der Waals surface area contributed by atoms with E-state index in [1.54, 1.807) is 0 Å². The molecule has 1 aromatic carbocycles. The number of carbonyl (C=O) groups excluding carboxylic acids is 1. The number of aliphatic hydroxyl groups is 1. The van der Waals surface area contributed by atoms with Gasteiger partial charge in [0.2, 0.25) is 0 Å². The van der Waals surface area contributed by atoms with E-state index in [1.165, 1.54) is 36.0 Å². The smallest absolute Gasteiger partial charge is 0.387 e. The average molecular weight is 718 g/mol. The first-order valence-electron chi connectivity index (χ1n) is 13.8. The minimum Gasteiger partial charge on any atom is -0.387 e. The van der Waals surface area contributed by atoms with Crippen LogP contribution in [0.2, 0.25) is 0 Å². The third-order valence-corrected chi connectivity index (χ3v) is 10.5. The van der Waals surface area contributed by atoms with Gasteiger partial charge in [-0.1, -0.05) is 23.5 Å². The zero-order chi connectivity index (χ0) is 33.4. The van der Waals surface area contributed by atoms with E-state index in [-0.39, 0.29) is 33.6 Å². The normalized spacial score (nSPS) is 38.1. The van der Waals surface area contributed by atoms with E-state index in [2.05, 4.69) is 37.5 Å². The third-order valence-electron chi connectivity index (χ3n) is 7.86. The lowest BCUT2D eigenvalue weighted by atomic mass is 10.1. The molecule has 7 rings (SSSR count). The molecule has 47 heavy (non-hydrogen) atoms. The fourth-order valence-corrected chi connectivity index (χ4v) is 8.58. The fourth-order valence-electron chi connectivity index (χ4n) is 5.74. The summed E-state index contributed by atoms with van der Waals surface area (Å²) in [5.41, 5.74) is 11.9. The number of hydrogen-bond donors (Lipinski definition) is 5. The van der Waals surface area contributed by atoms with Gasteiger partial charge in [-0.15, -0.1) is 5.10 Å². The van der Waals surface area contributed by atoms with E-state index in [0.29, 0.717) is 0 Å². The first kappa shape index (κ1) is 32.4. The largest absolute Gasteiger partial charge is 0.472 e. The number of nitrogen functional groups attached to an aromatic ring is 1. The Hall–Kier alpha value is -3.14. The molecule has 20 nitrogen and oxygen atoms in total. The molecule has 24 heteroatoms. The van der Waals surface area contributed by atoms with Crippen molar-refractivity contribution in [3.8, 4) is 0 Å². The molecule has 11 atom stereocenters. The molecule has 3 aromatic heterocycles. The molecular formula is C23H26FN9O11P2S. The van der Waals surface area contributed by atoms with Crippen LogP contribution in [0.15, 0.2) is 30.9 Å². The summed E-state index contributed by atoms with van der Waals surface area (Å²) in [5.74, 6) is -0.767. The number of fused-ring (bicyclic) bond motifs is 5. The molecular weight excluding hydrogens is 691 g/mol. The molecule has 3 fully saturated rings. The Morgan fingerprint density at radius 2 is 1.87 bits per heavy atom. The van der Waals surface area contributed by atoms with Crippen molar-refractivity contribution < 1.29 is 55.9 Å². The molecule has 2 bridgehead atoms. The number of benzene rings is 1. The zero-order valence-corrected chi connectivity index (χ0v) is 26.5. The predicted octanol–water partition coefficient (Wildman–Crippen LogP) is 0.790. The third kappa shape index (κ3) is 5.72. The van der Waals surface area contributed by atoms with Gasteiger partial charge in [0.15, 0.2) is 30.1 Å². The van der Waals surface area contributed by atoms with Crippen LogP contribution in [-0.4, -0.2) is 99.8 Å². The van der Waals surface area contributed by atoms with Crippen LogP contribution in [0.25, 0.3) is 22.2 Å². The molecule has 4 aromatic rings. The molecule has 6 heterocycles. The summed E-state index contributed by atoms with van der Waals surface area (Å²) < 4.78 is 78.9. The van der Waals surface area contributed by atoms with Gasteiger partial charge in [0.05, 0.1) is 30.1 Å². The Bertz CT molecular complexity index is 1970. The number of primary amides is 1. The van der Waals surface area contributed by atoms with Crippen molar-refractivity contribution in [1.29, 1.82) is 0 Å². The average Bonchev–Trinajstić information content (AvgIpc) is 3.76. The number of alkyl halides is 1. The van der Waals surface area contributed by atoms with Gasteiger partial charge in [-0.3, -0.25) is 27.5 Å². The molecule has 1 amide bonds. The summed E-state index contributed by atoms with van der Waals surface area (Å²) >= 11 is 4.09. The fraction of sp³-hybridized carbons (Fsp3) is 0.478. The highest BCUT2D eigenvalue weighted by Crippen LogP contribution is 2.59. The van der Waals surface area contributed by atoms with Crippen LogP contribution < -0.4 is 11.5 Å². The first-order valence-corrected chi connectivity index (χ1v) is 18.0. The summed E-state index contributed by atoms with van der Waals surface area (Å²) in [7, 11) is -5.13. The van der Waals surface area contributed by atoms with Crippen molar-refractivity contribution in [3.63, 3.8) is 0 Å². The van der Waals surface area contributed by atoms with Crippen LogP contribution in [0.1, 0.15) is 29.7 Å². The molecule has 3 aliphatic heterocycles. The number of phosphoric ester groups is 1. The van der Waals surface area contributed by atoms with Crippen molar-refractivity contribution >= 4 is 60.8 Å². The molecule has 252 valence electrons. The minimum absolute atomic E-state index is 0.0172. The number of hydrogen-bond acceptors (Lipinski definition) is 16. The molecule has 0 saturated carbocycles. The number of imidazole rings is 1. The number of carbonyl (C=O) groups is 1. The number of amides is 1. The van der Waals surface area contributed by atoms with Crippen LogP contribution in [0.4, 0.5) is 10.2 Å². The highest BCUT2D eigenvalue weighted by atomic mass is 32.7. The van der Waals surface area contributed by atoms with Gasteiger partial charge in [0.1, 0.15) is 47.9 Å². The summed E-state index contributed by atoms with van der Waals surface area (Å²) in [6.45, 7) is -3.99. The Morgan fingerprint density at radius 1 is 1.09 bits per heavy atom. The summed E-state index contributed by atoms with van der Waals surface area (Å²) in [6.07, 6.45) is -12.2. The second-order valence-electron chi connectivity index (χ2n) is 10.8. The number of rotatable bonds is 3. The minimum atomic E-state index is -5.13. The molecule has 0 spiro atoms. The maximum Gasteiger partial charge on any atom is 0.472 e. The number of anilines is 1. The number of halogens is 1. The Balaban J connectivity index is 1.23. The van der Waals surface area contributed by atoms with Crippen LogP contribution >= 0.6 is 26.9 Å². The second kappa shape index (κ2) is 11.8. The molecule has 0 aliphatic carbocycles. The quantitative estimate of drug-likeness (QED) is 0.145. The highest BCUT2D eigenvalue weighted by molar-refractivity contribution is 8.44. The van der Waals surface area contributed by atoms with E-state index in [1.807, 2.05) is 0 Å². The van der Waals surface area contributed by atoms with E-state index in [0.717, 1.165) is 11.0 Å². The monoisotopic (exact) mass is 717 g/mol. The van der Waals surface area contributed by atoms with Crippen LogP contribution in [-0.2, 0) is 36.7 Å². The number of phosphoric acid groups is 1. The topological polar surface area (TPSA) is 273 Å². The predicted molar refractivity (Wildman–Crippen MR) is 157 cm³/mol. The van der Waals surface area contributed by atoms with E-state index in [4.69, 9.17) is 39.0 Å². The maximum absolute atomic E-state index is 16.1. The number of aromatic nitrogens is 7. The molecule has 6 N–H and O–H groups in total. The lowest BCUT2D eigenvalue weighted by Gasteiger charge is -2.29. The Kier molecular flexibility index (Phi) is 8.12. The maximum atomic E-state index is 16.1. The van der Waals surface area contributed by atoms with Crippen molar-refractivity contribution in [2.24, 2.45) is 5.73 Å². The van der Waals surface area contributed by atoms with Gasteiger partial charge in [0.25, 0.3) is 5.91 Å². The number of thiol groups is 1. The number of nitrogens with zero attached hydrogens (tertiary/aromatic N) is 7. The van der Waals surface area contributed by atoms with Gasteiger partial charge >= 0.3 is 14.6 Å². The number of nitrogens with two attached hydrogens (primary N) is 2. The lowest BCUT2D eigenvalue weighted by Crippen LogP contribution is -2.39. The summed E-state index contributed by atoms with van der Waals surface area (Å²) in [6, 6.07) is 4.45. The van der Waals surface area contributed by atoms with Crippen LogP contribution in [0, 0.1) is 0 Å². The van der Waals surface area contributed by atoms with Gasteiger partial charge in [-0.25, -0.2) is 33.2 Å². The van der Waals surface area contributed by atoms with Crippen LogP contribution in [0.5, 0.6) is 0 Å². The van der Waals surface area contributed by atoms with Gasteiger partial charge in [-0.2, -0.15) is 0 Å². The van der Waals surface area contributed by atoms with Gasteiger partial charge in [0, 0.05) is 0 Å². The summed E-state index contributed by atoms with van der Waals surface area (Å²) in [4.78, 5) is 34.6. The van der Waals surface area contributed by atoms with Crippen molar-refractivity contribution in [2.45, 2.75) is 62.2 Å². The van der Waals surface area contributed by atoms with E-state index < -0.39 is 82.4 Å². The molecule has 3 aliphatic rings. The molecule has 3 saturated heterocycles. The second-order valence-corrected chi connectivity index (χ2v) is 15.1. The first-order chi connectivity index (χ1) is 22.2.